The Morgan fingerprint density at radius 2 is 2.42 bits per heavy atom. The minimum absolute atomic E-state index is 0.0201. The van der Waals surface area contributed by atoms with Gasteiger partial charge < -0.3 is 10.0 Å². The molecule has 4 heteroatoms. The Balaban J connectivity index is 2.14. The van der Waals surface area contributed by atoms with Gasteiger partial charge in [0.15, 0.2) is 0 Å². The highest BCUT2D eigenvalue weighted by molar-refractivity contribution is 5.94. The summed E-state index contributed by atoms with van der Waals surface area (Å²) in [6.07, 6.45) is 5.42. The predicted molar refractivity (Wildman–Crippen MR) is 72.5 cm³/mol. The smallest absolute Gasteiger partial charge is 0.255 e. The molecule has 1 aromatic heterocycles. The molecule has 0 aromatic carbocycles. The third-order valence-corrected chi connectivity index (χ3v) is 3.24. The van der Waals surface area contributed by atoms with E-state index in [2.05, 4.69) is 23.7 Å². The van der Waals surface area contributed by atoms with Crippen molar-refractivity contribution < 1.29 is 9.90 Å². The van der Waals surface area contributed by atoms with Crippen LogP contribution in [-0.4, -0.2) is 40.6 Å². The normalized spacial score (nSPS) is 18.6. The maximum absolute atomic E-state index is 12.4. The Bertz CT molecular complexity index is 516. The molecule has 1 N–H and O–H groups in total. The number of aliphatic hydroxyl groups is 1. The highest BCUT2D eigenvalue weighted by Crippen LogP contribution is 2.17. The molecule has 0 radical (unpaired) electrons. The summed E-state index contributed by atoms with van der Waals surface area (Å²) >= 11 is 0. The van der Waals surface area contributed by atoms with Crippen LogP contribution >= 0.6 is 0 Å². The first-order valence-electron chi connectivity index (χ1n) is 6.54. The Morgan fingerprint density at radius 1 is 1.58 bits per heavy atom. The summed E-state index contributed by atoms with van der Waals surface area (Å²) < 4.78 is 0. The number of piperidine rings is 1. The molecule has 1 saturated heterocycles. The van der Waals surface area contributed by atoms with Gasteiger partial charge in [-0.25, -0.2) is 0 Å². The lowest BCUT2D eigenvalue weighted by Crippen LogP contribution is -2.39. The van der Waals surface area contributed by atoms with E-state index in [0.717, 1.165) is 19.5 Å². The van der Waals surface area contributed by atoms with Crippen LogP contribution in [0, 0.1) is 17.8 Å². The second-order valence-corrected chi connectivity index (χ2v) is 4.92. The Morgan fingerprint density at radius 3 is 3.16 bits per heavy atom. The minimum atomic E-state index is -0.193. The van der Waals surface area contributed by atoms with Crippen LogP contribution in [0.3, 0.4) is 0 Å². The van der Waals surface area contributed by atoms with E-state index in [4.69, 9.17) is 5.11 Å². The van der Waals surface area contributed by atoms with Crippen molar-refractivity contribution in [1.82, 2.24) is 9.88 Å². The van der Waals surface area contributed by atoms with Gasteiger partial charge >= 0.3 is 0 Å². The molecule has 1 aromatic rings. The predicted octanol–water partition coefficient (Wildman–Crippen LogP) is 1.30. The molecular weight excluding hydrogens is 240 g/mol. The zero-order valence-electron chi connectivity index (χ0n) is 11.1. The highest BCUT2D eigenvalue weighted by atomic mass is 16.2. The first-order chi connectivity index (χ1) is 9.20. The summed E-state index contributed by atoms with van der Waals surface area (Å²) in [6.45, 7) is 3.60. The number of aromatic nitrogens is 1. The zero-order valence-corrected chi connectivity index (χ0v) is 11.1. The minimum Gasteiger partial charge on any atom is -0.384 e. The van der Waals surface area contributed by atoms with Crippen LogP contribution in [0.2, 0.25) is 0 Å². The Labute approximate surface area is 113 Å². The van der Waals surface area contributed by atoms with Crippen LogP contribution in [0.25, 0.3) is 0 Å². The average Bonchev–Trinajstić information content (AvgIpc) is 2.44. The molecule has 0 saturated carbocycles. The lowest BCUT2D eigenvalue weighted by atomic mass is 9.99. The number of aliphatic hydroxyl groups excluding tert-OH is 1. The fraction of sp³-hybridized carbons (Fsp3) is 0.467. The van der Waals surface area contributed by atoms with Crippen LogP contribution in [0.5, 0.6) is 0 Å². The van der Waals surface area contributed by atoms with Gasteiger partial charge in [0.1, 0.15) is 6.61 Å². The molecule has 0 aliphatic carbocycles. The maximum atomic E-state index is 12.4. The van der Waals surface area contributed by atoms with E-state index in [0.29, 0.717) is 17.0 Å². The van der Waals surface area contributed by atoms with Crippen molar-refractivity contribution in [2.75, 3.05) is 19.7 Å². The summed E-state index contributed by atoms with van der Waals surface area (Å²) in [4.78, 5) is 18.3. The van der Waals surface area contributed by atoms with Crippen LogP contribution in [0.4, 0.5) is 0 Å². The fourth-order valence-electron chi connectivity index (χ4n) is 2.32. The number of rotatable bonds is 1. The monoisotopic (exact) mass is 258 g/mol. The molecule has 4 nitrogen and oxygen atoms in total. The van der Waals surface area contributed by atoms with Gasteiger partial charge in [-0.15, -0.1) is 0 Å². The summed E-state index contributed by atoms with van der Waals surface area (Å²) in [5, 5.41) is 8.67. The largest absolute Gasteiger partial charge is 0.384 e. The molecule has 19 heavy (non-hydrogen) atoms. The molecule has 1 fully saturated rings. The molecule has 0 spiro atoms. The first-order valence-corrected chi connectivity index (χ1v) is 6.54. The van der Waals surface area contributed by atoms with E-state index >= 15 is 0 Å². The van der Waals surface area contributed by atoms with Gasteiger partial charge in [0.25, 0.3) is 5.91 Å². The van der Waals surface area contributed by atoms with Gasteiger partial charge in [-0.2, -0.15) is 0 Å². The summed E-state index contributed by atoms with van der Waals surface area (Å²) in [6, 6.07) is 1.73. The third kappa shape index (κ3) is 3.55. The molecule has 2 heterocycles. The number of hydrogen-bond acceptors (Lipinski definition) is 3. The fourth-order valence-corrected chi connectivity index (χ4v) is 2.32. The Kier molecular flexibility index (Phi) is 4.53. The van der Waals surface area contributed by atoms with Crippen molar-refractivity contribution in [1.29, 1.82) is 0 Å². The van der Waals surface area contributed by atoms with Gasteiger partial charge in [0.2, 0.25) is 0 Å². The third-order valence-electron chi connectivity index (χ3n) is 3.24. The standard InChI is InChI=1S/C15H18N2O2/c1-12-4-2-6-17(11-12)15(19)14-8-13(5-3-7-18)9-16-10-14/h8-10,12,18H,2,4,6-7,11H2,1H3. The number of carbonyl (C=O) groups excluding carboxylic acids is 1. The van der Waals surface area contributed by atoms with Crippen molar-refractivity contribution in [2.24, 2.45) is 5.92 Å². The van der Waals surface area contributed by atoms with Crippen molar-refractivity contribution in [3.05, 3.63) is 29.6 Å². The second-order valence-electron chi connectivity index (χ2n) is 4.92. The van der Waals surface area contributed by atoms with E-state index in [1.165, 1.54) is 6.42 Å². The molecular formula is C15H18N2O2. The number of carbonyl (C=O) groups is 1. The molecule has 100 valence electrons. The summed E-state index contributed by atoms with van der Waals surface area (Å²) in [7, 11) is 0. The second kappa shape index (κ2) is 6.35. The number of likely N-dealkylation sites (tertiary alicyclic amines) is 1. The molecule has 2 rings (SSSR count). The quantitative estimate of drug-likeness (QED) is 0.772. The first kappa shape index (κ1) is 13.6. The van der Waals surface area contributed by atoms with Gasteiger partial charge in [-0.1, -0.05) is 18.8 Å². The van der Waals surface area contributed by atoms with E-state index in [1.807, 2.05) is 4.90 Å². The lowest BCUT2D eigenvalue weighted by Gasteiger charge is -2.30. The van der Waals surface area contributed by atoms with Crippen molar-refractivity contribution in [3.63, 3.8) is 0 Å². The average molecular weight is 258 g/mol. The number of amides is 1. The topological polar surface area (TPSA) is 53.4 Å². The Hall–Kier alpha value is -1.86. The molecule has 0 bridgehead atoms. The molecule has 1 aliphatic heterocycles. The number of nitrogens with zero attached hydrogens (tertiary/aromatic N) is 2. The van der Waals surface area contributed by atoms with Gasteiger partial charge in [-0.05, 0) is 24.8 Å². The highest BCUT2D eigenvalue weighted by Gasteiger charge is 2.22. The zero-order chi connectivity index (χ0) is 13.7. The van der Waals surface area contributed by atoms with Crippen molar-refractivity contribution in [2.45, 2.75) is 19.8 Å². The van der Waals surface area contributed by atoms with E-state index < -0.39 is 0 Å². The number of hydrogen-bond donors (Lipinski definition) is 1. The lowest BCUT2D eigenvalue weighted by molar-refractivity contribution is 0.0682. The summed E-state index contributed by atoms with van der Waals surface area (Å²) in [5.74, 6) is 5.90. The maximum Gasteiger partial charge on any atom is 0.255 e. The van der Waals surface area contributed by atoms with Crippen LogP contribution < -0.4 is 0 Å². The van der Waals surface area contributed by atoms with Crippen LogP contribution in [0.15, 0.2) is 18.5 Å². The molecule has 1 amide bonds. The van der Waals surface area contributed by atoms with Crippen molar-refractivity contribution in [3.8, 4) is 11.8 Å². The van der Waals surface area contributed by atoms with E-state index in [9.17, 15) is 4.79 Å². The van der Waals surface area contributed by atoms with E-state index in [-0.39, 0.29) is 12.5 Å². The molecule has 1 atom stereocenters. The molecule has 1 aliphatic rings. The molecule has 1 unspecified atom stereocenters. The van der Waals surface area contributed by atoms with Crippen molar-refractivity contribution >= 4 is 5.91 Å². The van der Waals surface area contributed by atoms with Crippen LogP contribution in [-0.2, 0) is 0 Å². The van der Waals surface area contributed by atoms with Gasteiger partial charge in [-0.3, -0.25) is 9.78 Å². The van der Waals surface area contributed by atoms with Gasteiger partial charge in [0.05, 0.1) is 5.56 Å². The van der Waals surface area contributed by atoms with Crippen LogP contribution in [0.1, 0.15) is 35.7 Å². The number of pyridine rings is 1. The SMILES string of the molecule is CC1CCCN(C(=O)c2cncc(C#CCO)c2)C1. The van der Waals surface area contributed by atoms with Gasteiger partial charge in [0, 0.05) is 31.0 Å². The van der Waals surface area contributed by atoms with E-state index in [1.54, 1.807) is 18.5 Å². The summed E-state index contributed by atoms with van der Waals surface area (Å²) in [5.41, 5.74) is 1.23.